The molecule has 0 spiro atoms. The van der Waals surface area contributed by atoms with Gasteiger partial charge in [-0.3, -0.25) is 9.69 Å². The van der Waals surface area contributed by atoms with E-state index >= 15 is 0 Å². The molecule has 0 saturated heterocycles. The van der Waals surface area contributed by atoms with E-state index in [0.717, 1.165) is 46.8 Å². The summed E-state index contributed by atoms with van der Waals surface area (Å²) in [7, 11) is 0. The number of fused-ring (bicyclic) bond motifs is 1. The fourth-order valence-corrected chi connectivity index (χ4v) is 3.59. The Morgan fingerprint density at radius 1 is 1.28 bits per heavy atom. The molecule has 0 aliphatic rings. The quantitative estimate of drug-likeness (QED) is 0.651. The van der Waals surface area contributed by atoms with Crippen LogP contribution in [0.5, 0.6) is 0 Å². The molecule has 6 heteroatoms. The van der Waals surface area contributed by atoms with Crippen LogP contribution in [0.1, 0.15) is 30.1 Å². The van der Waals surface area contributed by atoms with Gasteiger partial charge in [0.15, 0.2) is 0 Å². The van der Waals surface area contributed by atoms with Gasteiger partial charge in [-0.15, -0.1) is 11.3 Å². The summed E-state index contributed by atoms with van der Waals surface area (Å²) in [5.74, 6) is 0.0187. The van der Waals surface area contributed by atoms with E-state index in [-0.39, 0.29) is 5.91 Å². The third kappa shape index (κ3) is 4.46. The van der Waals surface area contributed by atoms with Gasteiger partial charge in [0.2, 0.25) is 5.91 Å². The number of H-pyrrole nitrogens is 1. The lowest BCUT2D eigenvalue weighted by atomic mass is 10.1. The molecule has 0 atom stereocenters. The Hall–Kier alpha value is -2.18. The van der Waals surface area contributed by atoms with Crippen molar-refractivity contribution in [2.45, 2.75) is 33.4 Å². The van der Waals surface area contributed by atoms with Crippen LogP contribution < -0.4 is 5.32 Å². The molecule has 0 fully saturated rings. The number of para-hydroxylation sites is 1. The highest BCUT2D eigenvalue weighted by Crippen LogP contribution is 2.18. The number of hydrogen-bond donors (Lipinski definition) is 2. The molecule has 2 N–H and O–H groups in total. The van der Waals surface area contributed by atoms with E-state index in [4.69, 9.17) is 0 Å². The Morgan fingerprint density at radius 2 is 2.08 bits per heavy atom. The van der Waals surface area contributed by atoms with Gasteiger partial charge < -0.3 is 10.3 Å². The van der Waals surface area contributed by atoms with Gasteiger partial charge in [0.1, 0.15) is 5.01 Å². The molecule has 3 aromatic rings. The van der Waals surface area contributed by atoms with E-state index in [0.29, 0.717) is 13.0 Å². The summed E-state index contributed by atoms with van der Waals surface area (Å²) in [5, 5.41) is 7.12. The van der Waals surface area contributed by atoms with E-state index < -0.39 is 0 Å². The molecule has 132 valence electrons. The number of nitrogens with zero attached hydrogens (tertiary/aromatic N) is 2. The van der Waals surface area contributed by atoms with Crippen molar-refractivity contribution in [1.82, 2.24) is 20.2 Å². The van der Waals surface area contributed by atoms with Gasteiger partial charge >= 0.3 is 0 Å². The Kier molecular flexibility index (Phi) is 5.83. The zero-order chi connectivity index (χ0) is 17.6. The molecule has 2 heterocycles. The maximum atomic E-state index is 12.2. The third-order valence-electron chi connectivity index (χ3n) is 4.34. The van der Waals surface area contributed by atoms with Gasteiger partial charge in [-0.2, -0.15) is 0 Å². The van der Waals surface area contributed by atoms with Gasteiger partial charge in [0.05, 0.1) is 18.7 Å². The van der Waals surface area contributed by atoms with Crippen LogP contribution in [-0.2, 0) is 24.3 Å². The first-order valence-electron chi connectivity index (χ1n) is 8.67. The minimum absolute atomic E-state index is 0.0187. The van der Waals surface area contributed by atoms with Crippen LogP contribution in [0.25, 0.3) is 10.9 Å². The maximum Gasteiger partial charge on any atom is 0.224 e. The van der Waals surface area contributed by atoms with Crippen molar-refractivity contribution in [3.8, 4) is 0 Å². The predicted octanol–water partition coefficient (Wildman–Crippen LogP) is 3.33. The fourth-order valence-electron chi connectivity index (χ4n) is 2.87. The maximum absolute atomic E-state index is 12.2. The summed E-state index contributed by atoms with van der Waals surface area (Å²) in [6.45, 7) is 7.70. The Bertz CT molecular complexity index is 835. The molecule has 0 unspecified atom stereocenters. The first kappa shape index (κ1) is 17.6. The molecule has 3 rings (SSSR count). The number of nitrogens with one attached hydrogen (secondary N) is 2. The van der Waals surface area contributed by atoms with Crippen molar-refractivity contribution >= 4 is 28.1 Å². The third-order valence-corrected chi connectivity index (χ3v) is 5.24. The molecule has 25 heavy (non-hydrogen) atoms. The molecule has 2 aromatic heterocycles. The standard InChI is InChI=1S/C19H24N4OS/c1-3-23(4-2)12-15-13-25-19(22-15)11-21-18(24)9-14-10-20-17-8-6-5-7-16(14)17/h5-8,10,13,20H,3-4,9,11-12H2,1-2H3,(H,21,24). The van der Waals surface area contributed by atoms with E-state index in [2.05, 4.69) is 39.4 Å². The van der Waals surface area contributed by atoms with Crippen LogP contribution in [0.3, 0.4) is 0 Å². The Morgan fingerprint density at radius 3 is 2.88 bits per heavy atom. The van der Waals surface area contributed by atoms with Gasteiger partial charge in [-0.25, -0.2) is 4.98 Å². The SMILES string of the molecule is CCN(CC)Cc1csc(CNC(=O)Cc2c[nH]c3ccccc23)n1. The molecule has 0 saturated carbocycles. The lowest BCUT2D eigenvalue weighted by Gasteiger charge is -2.15. The van der Waals surface area contributed by atoms with E-state index in [1.807, 2.05) is 30.5 Å². The number of benzene rings is 1. The normalized spacial score (nSPS) is 11.3. The fraction of sp³-hybridized carbons (Fsp3) is 0.368. The van der Waals surface area contributed by atoms with E-state index in [1.54, 1.807) is 11.3 Å². The summed E-state index contributed by atoms with van der Waals surface area (Å²) in [6.07, 6.45) is 2.29. The highest BCUT2D eigenvalue weighted by molar-refractivity contribution is 7.09. The van der Waals surface area contributed by atoms with Gasteiger partial charge in [0.25, 0.3) is 0 Å². The molecule has 0 aliphatic carbocycles. The second kappa shape index (κ2) is 8.27. The Labute approximate surface area is 152 Å². The number of aromatic nitrogens is 2. The molecule has 0 aliphatic heterocycles. The molecule has 1 aromatic carbocycles. The number of carbonyl (C=O) groups is 1. The van der Waals surface area contributed by atoms with Crippen molar-refractivity contribution < 1.29 is 4.79 Å². The molecule has 1 amide bonds. The first-order valence-corrected chi connectivity index (χ1v) is 9.54. The van der Waals surface area contributed by atoms with Crippen LogP contribution in [0.2, 0.25) is 0 Å². The molecule has 0 bridgehead atoms. The Balaban J connectivity index is 1.53. The average molecular weight is 356 g/mol. The molecule has 0 radical (unpaired) electrons. The molecule has 5 nitrogen and oxygen atoms in total. The van der Waals surface area contributed by atoms with E-state index in [1.165, 1.54) is 0 Å². The largest absolute Gasteiger partial charge is 0.361 e. The number of rotatable bonds is 8. The highest BCUT2D eigenvalue weighted by atomic mass is 32.1. The smallest absolute Gasteiger partial charge is 0.224 e. The van der Waals surface area contributed by atoms with E-state index in [9.17, 15) is 4.79 Å². The number of aromatic amines is 1. The predicted molar refractivity (Wildman–Crippen MR) is 103 cm³/mol. The van der Waals surface area contributed by atoms with Crippen LogP contribution in [0.4, 0.5) is 0 Å². The van der Waals surface area contributed by atoms with Crippen molar-refractivity contribution in [2.75, 3.05) is 13.1 Å². The minimum Gasteiger partial charge on any atom is -0.361 e. The monoisotopic (exact) mass is 356 g/mol. The minimum atomic E-state index is 0.0187. The lowest BCUT2D eigenvalue weighted by Crippen LogP contribution is -2.24. The zero-order valence-electron chi connectivity index (χ0n) is 14.7. The number of amides is 1. The molecular weight excluding hydrogens is 332 g/mol. The zero-order valence-corrected chi connectivity index (χ0v) is 15.5. The molecular formula is C19H24N4OS. The second-order valence-electron chi connectivity index (χ2n) is 6.01. The summed E-state index contributed by atoms with van der Waals surface area (Å²) < 4.78 is 0. The van der Waals surface area contributed by atoms with Gasteiger partial charge in [-0.1, -0.05) is 32.0 Å². The van der Waals surface area contributed by atoms with Crippen molar-refractivity contribution in [3.05, 3.63) is 52.1 Å². The lowest BCUT2D eigenvalue weighted by molar-refractivity contribution is -0.120. The summed E-state index contributed by atoms with van der Waals surface area (Å²) >= 11 is 1.61. The second-order valence-corrected chi connectivity index (χ2v) is 6.95. The van der Waals surface area contributed by atoms with Crippen LogP contribution in [0.15, 0.2) is 35.8 Å². The van der Waals surface area contributed by atoms with Crippen LogP contribution in [0, 0.1) is 0 Å². The topological polar surface area (TPSA) is 61.0 Å². The summed E-state index contributed by atoms with van der Waals surface area (Å²) in [6, 6.07) is 8.03. The number of hydrogen-bond acceptors (Lipinski definition) is 4. The van der Waals surface area contributed by atoms with Gasteiger partial charge in [-0.05, 0) is 24.7 Å². The van der Waals surface area contributed by atoms with Gasteiger partial charge in [0, 0.05) is 29.0 Å². The van der Waals surface area contributed by atoms with Crippen molar-refractivity contribution in [1.29, 1.82) is 0 Å². The number of thiazole rings is 1. The highest BCUT2D eigenvalue weighted by Gasteiger charge is 2.10. The summed E-state index contributed by atoms with van der Waals surface area (Å²) in [5.41, 5.74) is 3.16. The van der Waals surface area contributed by atoms with Crippen LogP contribution >= 0.6 is 11.3 Å². The van der Waals surface area contributed by atoms with Crippen molar-refractivity contribution in [3.63, 3.8) is 0 Å². The first-order chi connectivity index (χ1) is 12.2. The number of carbonyl (C=O) groups excluding carboxylic acids is 1. The van der Waals surface area contributed by atoms with Crippen LogP contribution in [-0.4, -0.2) is 33.9 Å². The summed E-state index contributed by atoms with van der Waals surface area (Å²) in [4.78, 5) is 22.4. The average Bonchev–Trinajstić information content (AvgIpc) is 3.25. The van der Waals surface area contributed by atoms with Crippen molar-refractivity contribution in [2.24, 2.45) is 0 Å².